The van der Waals surface area contributed by atoms with Gasteiger partial charge in [0.2, 0.25) is 0 Å². The molecular weight excluding hydrogens is 291 g/mol. The molecule has 0 bridgehead atoms. The van der Waals surface area contributed by atoms with E-state index in [9.17, 15) is 3.89 Å². The Kier molecular flexibility index (Phi) is 4.80. The van der Waals surface area contributed by atoms with Gasteiger partial charge >= 0.3 is 0 Å². The average molecular weight is 305 g/mol. The first-order chi connectivity index (χ1) is 7.63. The highest BCUT2D eigenvalue weighted by atomic mass is 79.9. The molecule has 0 radical (unpaired) electrons. The maximum absolute atomic E-state index is 12.6. The zero-order valence-corrected chi connectivity index (χ0v) is 12.1. The van der Waals surface area contributed by atoms with Crippen LogP contribution >= 0.6 is 28.3 Å². The number of halogens is 2. The lowest BCUT2D eigenvalue weighted by molar-refractivity contribution is 0.880. The summed E-state index contributed by atoms with van der Waals surface area (Å²) < 4.78 is 14.9. The van der Waals surface area contributed by atoms with E-state index in [0.717, 1.165) is 26.6 Å². The third kappa shape index (κ3) is 2.40. The molecule has 2 aromatic rings. The summed E-state index contributed by atoms with van der Waals surface area (Å²) in [6, 6.07) is 3.91. The van der Waals surface area contributed by atoms with E-state index in [1.807, 2.05) is 39.8 Å². The Morgan fingerprint density at radius 2 is 1.94 bits per heavy atom. The fraction of sp³-hybridized carbons (Fsp3) is 0.364. The molecule has 0 amide bonds. The largest absolute Gasteiger partial charge is 0.188 e. The molecule has 0 atom stereocenters. The molecule has 0 aliphatic heterocycles. The van der Waals surface area contributed by atoms with Gasteiger partial charge in [0.05, 0.1) is 11.2 Å². The number of hydrogen-bond donors (Lipinski definition) is 0. The summed E-state index contributed by atoms with van der Waals surface area (Å²) in [5.74, 6) is 0. The van der Waals surface area contributed by atoms with E-state index >= 15 is 0 Å². The Morgan fingerprint density at radius 3 is 2.50 bits per heavy atom. The van der Waals surface area contributed by atoms with Gasteiger partial charge < -0.3 is 0 Å². The van der Waals surface area contributed by atoms with Gasteiger partial charge in [-0.2, -0.15) is 9.19 Å². The molecule has 0 saturated heterocycles. The molecule has 2 rings (SSSR count). The third-order valence-corrected chi connectivity index (χ3v) is 3.01. The van der Waals surface area contributed by atoms with E-state index in [4.69, 9.17) is 0 Å². The van der Waals surface area contributed by atoms with Crippen LogP contribution in [0.25, 0.3) is 10.9 Å². The Bertz CT molecular complexity index is 496. The minimum atomic E-state index is 0.129. The Labute approximate surface area is 108 Å². The number of benzene rings is 1. The first-order valence-corrected chi connectivity index (χ1v) is 6.54. The van der Waals surface area contributed by atoms with E-state index < -0.39 is 0 Å². The van der Waals surface area contributed by atoms with Gasteiger partial charge in [-0.1, -0.05) is 29.8 Å². The second-order valence-electron chi connectivity index (χ2n) is 3.15. The van der Waals surface area contributed by atoms with Crippen molar-refractivity contribution in [3.05, 3.63) is 27.9 Å². The second kappa shape index (κ2) is 5.68. The molecule has 0 unspecified atom stereocenters. The highest BCUT2D eigenvalue weighted by molar-refractivity contribution is 9.10. The van der Waals surface area contributed by atoms with Crippen molar-refractivity contribution in [3.63, 3.8) is 0 Å². The lowest BCUT2D eigenvalue weighted by Crippen LogP contribution is -1.87. The number of aryl methyl sites for hydroxylation is 2. The standard InChI is InChI=1S/C9H8BrFN2S.C2H6/c1-5-3-7(10)4-8-6(2)12-13(14-11)9(5)8;1-2/h3-4H,1-2H3;1-2H3. The van der Waals surface area contributed by atoms with Crippen LogP contribution < -0.4 is 0 Å². The zero-order valence-electron chi connectivity index (χ0n) is 9.71. The smallest absolute Gasteiger partial charge is 0.176 e. The normalized spacial score (nSPS) is 10.1. The molecule has 5 heteroatoms. The topological polar surface area (TPSA) is 17.8 Å². The van der Waals surface area contributed by atoms with E-state index in [0.29, 0.717) is 0 Å². The SMILES string of the molecule is CC.Cc1nn(SF)c2c(C)cc(Br)cc12. The van der Waals surface area contributed by atoms with Gasteiger partial charge in [-0.25, -0.2) is 0 Å². The Morgan fingerprint density at radius 1 is 1.31 bits per heavy atom. The molecule has 1 aromatic heterocycles. The maximum Gasteiger partial charge on any atom is 0.188 e. The molecule has 2 nitrogen and oxygen atoms in total. The lowest BCUT2D eigenvalue weighted by atomic mass is 10.1. The molecular formula is C11H14BrFN2S. The fourth-order valence-electron chi connectivity index (χ4n) is 1.56. The van der Waals surface area contributed by atoms with Gasteiger partial charge in [0.25, 0.3) is 0 Å². The van der Waals surface area contributed by atoms with Gasteiger partial charge in [-0.15, -0.1) is 3.89 Å². The maximum atomic E-state index is 12.6. The first-order valence-electron chi connectivity index (χ1n) is 5.08. The van der Waals surface area contributed by atoms with Gasteiger partial charge in [0.1, 0.15) is 0 Å². The molecule has 16 heavy (non-hydrogen) atoms. The summed E-state index contributed by atoms with van der Waals surface area (Å²) in [7, 11) is 0. The van der Waals surface area contributed by atoms with Gasteiger partial charge in [0, 0.05) is 9.86 Å². The predicted octanol–water partition coefficient (Wildman–Crippen LogP) is 4.82. The van der Waals surface area contributed by atoms with Crippen molar-refractivity contribution in [1.82, 2.24) is 9.19 Å². The summed E-state index contributed by atoms with van der Waals surface area (Å²) in [6.45, 7) is 7.82. The van der Waals surface area contributed by atoms with Crippen LogP contribution in [0.1, 0.15) is 25.1 Å². The number of nitrogens with zero attached hydrogens (tertiary/aromatic N) is 2. The number of rotatable bonds is 1. The molecule has 88 valence electrons. The first kappa shape index (κ1) is 13.5. The summed E-state index contributed by atoms with van der Waals surface area (Å²) in [5.41, 5.74) is 2.70. The van der Waals surface area contributed by atoms with Crippen molar-refractivity contribution in [3.8, 4) is 0 Å². The van der Waals surface area contributed by atoms with Gasteiger partial charge in [-0.05, 0) is 31.5 Å². The molecule has 1 aromatic carbocycles. The number of fused-ring (bicyclic) bond motifs is 1. The Balaban J connectivity index is 0.000000606. The van der Waals surface area contributed by atoms with E-state index in [1.54, 1.807) is 0 Å². The van der Waals surface area contributed by atoms with Crippen molar-refractivity contribution in [1.29, 1.82) is 0 Å². The summed E-state index contributed by atoms with van der Waals surface area (Å²) in [4.78, 5) is 0. The van der Waals surface area contributed by atoms with Gasteiger partial charge in [0.15, 0.2) is 12.3 Å². The molecule has 0 spiro atoms. The van der Waals surface area contributed by atoms with Crippen LogP contribution in [0.3, 0.4) is 0 Å². The molecule has 0 aliphatic carbocycles. The number of aromatic nitrogens is 2. The zero-order chi connectivity index (χ0) is 12.3. The molecule has 0 N–H and O–H groups in total. The summed E-state index contributed by atoms with van der Waals surface area (Å²) in [5, 5.41) is 5.08. The third-order valence-electron chi connectivity index (χ3n) is 2.15. The summed E-state index contributed by atoms with van der Waals surface area (Å²) >= 11 is 3.54. The highest BCUT2D eigenvalue weighted by Crippen LogP contribution is 2.28. The monoisotopic (exact) mass is 304 g/mol. The predicted molar refractivity (Wildman–Crippen MR) is 72.4 cm³/mol. The molecule has 0 fully saturated rings. The van der Waals surface area contributed by atoms with Crippen LogP contribution in [0.4, 0.5) is 3.89 Å². The Hall–Kier alpha value is -0.550. The molecule has 0 aliphatic rings. The minimum Gasteiger partial charge on any atom is -0.176 e. The minimum absolute atomic E-state index is 0.129. The van der Waals surface area contributed by atoms with Crippen LogP contribution in [-0.2, 0) is 0 Å². The van der Waals surface area contributed by atoms with Crippen molar-refractivity contribution >= 4 is 39.2 Å². The van der Waals surface area contributed by atoms with Crippen LogP contribution in [0.5, 0.6) is 0 Å². The van der Waals surface area contributed by atoms with E-state index in [-0.39, 0.29) is 12.3 Å². The van der Waals surface area contributed by atoms with Gasteiger partial charge in [-0.3, -0.25) is 0 Å². The van der Waals surface area contributed by atoms with Crippen LogP contribution in [0, 0.1) is 13.8 Å². The average Bonchev–Trinajstić information content (AvgIpc) is 2.59. The number of hydrogen-bond acceptors (Lipinski definition) is 2. The van der Waals surface area contributed by atoms with Crippen molar-refractivity contribution < 1.29 is 3.89 Å². The van der Waals surface area contributed by atoms with Crippen molar-refractivity contribution in [2.24, 2.45) is 0 Å². The van der Waals surface area contributed by atoms with Crippen molar-refractivity contribution in [2.45, 2.75) is 27.7 Å². The summed E-state index contributed by atoms with van der Waals surface area (Å²) in [6.07, 6.45) is 0. The van der Waals surface area contributed by atoms with E-state index in [1.165, 1.54) is 4.09 Å². The van der Waals surface area contributed by atoms with Crippen LogP contribution in [0.2, 0.25) is 0 Å². The molecule has 0 saturated carbocycles. The van der Waals surface area contributed by atoms with Crippen LogP contribution in [-0.4, -0.2) is 9.19 Å². The van der Waals surface area contributed by atoms with Crippen LogP contribution in [0.15, 0.2) is 16.6 Å². The second-order valence-corrected chi connectivity index (χ2v) is 4.55. The van der Waals surface area contributed by atoms with Crippen molar-refractivity contribution in [2.75, 3.05) is 0 Å². The molecule has 1 heterocycles. The quantitative estimate of drug-likeness (QED) is 0.751. The highest BCUT2D eigenvalue weighted by Gasteiger charge is 2.11. The van der Waals surface area contributed by atoms with E-state index in [2.05, 4.69) is 21.0 Å². The lowest BCUT2D eigenvalue weighted by Gasteiger charge is -1.99. The fourth-order valence-corrected chi connectivity index (χ4v) is 2.59.